The number of nitrogen functional groups attached to an aromatic ring is 1. The van der Waals surface area contributed by atoms with Gasteiger partial charge in [-0.3, -0.25) is 4.57 Å². The minimum absolute atomic E-state index is 0.184. The number of aromatic nitrogens is 3. The Morgan fingerprint density at radius 2 is 2.29 bits per heavy atom. The van der Waals surface area contributed by atoms with Gasteiger partial charge in [0.15, 0.2) is 5.16 Å². The first-order valence-electron chi connectivity index (χ1n) is 5.31. The molecule has 0 radical (unpaired) electrons. The Morgan fingerprint density at radius 1 is 1.53 bits per heavy atom. The molecule has 0 fully saturated rings. The van der Waals surface area contributed by atoms with Crippen molar-refractivity contribution >= 4 is 17.4 Å². The highest BCUT2D eigenvalue weighted by molar-refractivity contribution is 7.99. The lowest BCUT2D eigenvalue weighted by Crippen LogP contribution is -2.16. The van der Waals surface area contributed by atoms with Crippen LogP contribution in [0.25, 0.3) is 0 Å². The van der Waals surface area contributed by atoms with Crippen LogP contribution >= 0.6 is 11.8 Å². The van der Waals surface area contributed by atoms with Gasteiger partial charge < -0.3 is 5.73 Å². The zero-order chi connectivity index (χ0) is 12.4. The molecular formula is C11H14N4OS. The van der Waals surface area contributed by atoms with Crippen molar-refractivity contribution in [1.82, 2.24) is 14.8 Å². The topological polar surface area (TPSA) is 76.7 Å². The number of H-pyrrole nitrogens is 1. The molecule has 1 aromatic carbocycles. The molecule has 90 valence electrons. The summed E-state index contributed by atoms with van der Waals surface area (Å²) in [5, 5.41) is 7.11. The third kappa shape index (κ3) is 2.36. The molecule has 1 aromatic heterocycles. The van der Waals surface area contributed by atoms with E-state index in [1.165, 1.54) is 11.8 Å². The summed E-state index contributed by atoms with van der Waals surface area (Å²) in [6.45, 7) is 4.51. The Labute approximate surface area is 103 Å². The number of nitrogens with one attached hydrogen (secondary N) is 1. The average molecular weight is 250 g/mol. The molecule has 0 aliphatic heterocycles. The maximum absolute atomic E-state index is 11.4. The van der Waals surface area contributed by atoms with E-state index in [1.54, 1.807) is 4.57 Å². The van der Waals surface area contributed by atoms with E-state index in [0.29, 0.717) is 17.4 Å². The van der Waals surface area contributed by atoms with Gasteiger partial charge >= 0.3 is 5.69 Å². The molecule has 3 N–H and O–H groups in total. The number of rotatable bonds is 3. The second-order valence-corrected chi connectivity index (χ2v) is 4.69. The minimum atomic E-state index is -0.184. The SMILES string of the molecule is CCn1c(Sc2cc(N)ccc2C)n[nH]c1=O. The number of hydrogen-bond acceptors (Lipinski definition) is 4. The predicted octanol–water partition coefficient (Wildman–Crippen LogP) is 1.63. The molecular weight excluding hydrogens is 236 g/mol. The zero-order valence-electron chi connectivity index (χ0n) is 9.73. The normalized spacial score (nSPS) is 10.7. The Kier molecular flexibility index (Phi) is 3.23. The van der Waals surface area contributed by atoms with Crippen molar-refractivity contribution in [3.63, 3.8) is 0 Å². The van der Waals surface area contributed by atoms with Gasteiger partial charge in [0.05, 0.1) is 0 Å². The zero-order valence-corrected chi connectivity index (χ0v) is 10.5. The fraction of sp³-hybridized carbons (Fsp3) is 0.273. The molecule has 0 atom stereocenters. The van der Waals surface area contributed by atoms with Crippen LogP contribution in [0.2, 0.25) is 0 Å². The number of nitrogens with zero attached hydrogens (tertiary/aromatic N) is 2. The number of benzene rings is 1. The number of nitrogens with two attached hydrogens (primary N) is 1. The minimum Gasteiger partial charge on any atom is -0.399 e. The second-order valence-electron chi connectivity index (χ2n) is 3.68. The lowest BCUT2D eigenvalue weighted by atomic mass is 10.2. The summed E-state index contributed by atoms with van der Waals surface area (Å²) in [6, 6.07) is 5.70. The van der Waals surface area contributed by atoms with E-state index in [4.69, 9.17) is 5.73 Å². The van der Waals surface area contributed by atoms with Gasteiger partial charge in [-0.25, -0.2) is 9.89 Å². The van der Waals surface area contributed by atoms with E-state index in [1.807, 2.05) is 32.0 Å². The molecule has 0 bridgehead atoms. The maximum Gasteiger partial charge on any atom is 0.343 e. The molecule has 0 spiro atoms. The van der Waals surface area contributed by atoms with Gasteiger partial charge in [0.2, 0.25) is 0 Å². The summed E-state index contributed by atoms with van der Waals surface area (Å²) in [5.41, 5.74) is 7.38. The van der Waals surface area contributed by atoms with E-state index < -0.39 is 0 Å². The van der Waals surface area contributed by atoms with Gasteiger partial charge in [-0.05, 0) is 43.3 Å². The van der Waals surface area contributed by atoms with Crippen molar-refractivity contribution in [3.8, 4) is 0 Å². The summed E-state index contributed by atoms with van der Waals surface area (Å²) >= 11 is 1.44. The number of aryl methyl sites for hydroxylation is 1. The summed E-state index contributed by atoms with van der Waals surface area (Å²) < 4.78 is 1.59. The Hall–Kier alpha value is -1.69. The number of hydrogen-bond donors (Lipinski definition) is 2. The molecule has 0 unspecified atom stereocenters. The molecule has 2 rings (SSSR count). The summed E-state index contributed by atoms with van der Waals surface area (Å²) in [6.07, 6.45) is 0. The van der Waals surface area contributed by atoms with Crippen LogP contribution in [0, 0.1) is 6.92 Å². The smallest absolute Gasteiger partial charge is 0.343 e. The molecule has 0 amide bonds. The Morgan fingerprint density at radius 3 is 3.00 bits per heavy atom. The monoisotopic (exact) mass is 250 g/mol. The van der Waals surface area contributed by atoms with Crippen molar-refractivity contribution in [2.45, 2.75) is 30.4 Å². The highest BCUT2D eigenvalue weighted by Crippen LogP contribution is 2.29. The van der Waals surface area contributed by atoms with Crippen LogP contribution in [0.3, 0.4) is 0 Å². The van der Waals surface area contributed by atoms with Crippen molar-refractivity contribution in [2.75, 3.05) is 5.73 Å². The van der Waals surface area contributed by atoms with E-state index in [2.05, 4.69) is 10.2 Å². The Balaban J connectivity index is 2.37. The van der Waals surface area contributed by atoms with Crippen LogP contribution in [0.15, 0.2) is 33.0 Å². The van der Waals surface area contributed by atoms with Crippen molar-refractivity contribution < 1.29 is 0 Å². The first kappa shape index (κ1) is 11.8. The van der Waals surface area contributed by atoms with Gasteiger partial charge in [0.1, 0.15) is 0 Å². The first-order chi connectivity index (χ1) is 8.11. The van der Waals surface area contributed by atoms with Crippen LogP contribution in [0.4, 0.5) is 5.69 Å². The molecule has 0 saturated heterocycles. The van der Waals surface area contributed by atoms with Gasteiger partial charge in [-0.15, -0.1) is 5.10 Å². The fourth-order valence-electron chi connectivity index (χ4n) is 1.48. The summed E-state index contributed by atoms with van der Waals surface area (Å²) in [7, 11) is 0. The van der Waals surface area contributed by atoms with Crippen LogP contribution in [-0.4, -0.2) is 14.8 Å². The van der Waals surface area contributed by atoms with E-state index in [-0.39, 0.29) is 5.69 Å². The Bertz CT molecular complexity index is 587. The quantitative estimate of drug-likeness (QED) is 0.812. The molecule has 0 aliphatic carbocycles. The maximum atomic E-state index is 11.4. The third-order valence-corrected chi connectivity index (χ3v) is 3.61. The predicted molar refractivity (Wildman–Crippen MR) is 68.2 cm³/mol. The van der Waals surface area contributed by atoms with Gasteiger partial charge in [-0.2, -0.15) is 0 Å². The molecule has 1 heterocycles. The second kappa shape index (κ2) is 4.67. The molecule has 17 heavy (non-hydrogen) atoms. The van der Waals surface area contributed by atoms with E-state index in [0.717, 1.165) is 10.5 Å². The number of aromatic amines is 1. The van der Waals surface area contributed by atoms with Gasteiger partial charge in [-0.1, -0.05) is 6.07 Å². The van der Waals surface area contributed by atoms with Crippen molar-refractivity contribution in [3.05, 3.63) is 34.2 Å². The van der Waals surface area contributed by atoms with Gasteiger partial charge in [0, 0.05) is 17.1 Å². The van der Waals surface area contributed by atoms with Crippen LogP contribution in [0.1, 0.15) is 12.5 Å². The number of anilines is 1. The molecule has 2 aromatic rings. The highest BCUT2D eigenvalue weighted by Gasteiger charge is 2.10. The van der Waals surface area contributed by atoms with Gasteiger partial charge in [0.25, 0.3) is 0 Å². The highest BCUT2D eigenvalue weighted by atomic mass is 32.2. The largest absolute Gasteiger partial charge is 0.399 e. The van der Waals surface area contributed by atoms with Crippen LogP contribution in [-0.2, 0) is 6.54 Å². The van der Waals surface area contributed by atoms with Crippen LogP contribution < -0.4 is 11.4 Å². The van der Waals surface area contributed by atoms with Crippen LogP contribution in [0.5, 0.6) is 0 Å². The third-order valence-electron chi connectivity index (χ3n) is 2.45. The summed E-state index contributed by atoms with van der Waals surface area (Å²) in [4.78, 5) is 12.4. The van der Waals surface area contributed by atoms with E-state index >= 15 is 0 Å². The molecule has 0 saturated carbocycles. The molecule has 5 nitrogen and oxygen atoms in total. The van der Waals surface area contributed by atoms with E-state index in [9.17, 15) is 4.79 Å². The van der Waals surface area contributed by atoms with Crippen molar-refractivity contribution in [1.29, 1.82) is 0 Å². The fourth-order valence-corrected chi connectivity index (χ4v) is 2.52. The average Bonchev–Trinajstić information content (AvgIpc) is 2.64. The summed E-state index contributed by atoms with van der Waals surface area (Å²) in [5.74, 6) is 0. The lowest BCUT2D eigenvalue weighted by Gasteiger charge is -2.06. The molecule has 0 aliphatic rings. The van der Waals surface area contributed by atoms with Crippen molar-refractivity contribution in [2.24, 2.45) is 0 Å². The first-order valence-corrected chi connectivity index (χ1v) is 6.12. The standard InChI is InChI=1S/C11H14N4OS/c1-3-15-10(16)13-14-11(15)17-9-6-8(12)5-4-7(9)2/h4-6H,3,12H2,1-2H3,(H,13,16). The molecule has 6 heteroatoms. The lowest BCUT2D eigenvalue weighted by molar-refractivity contribution is 0.660.